The molecule has 2 rings (SSSR count). The molecule has 0 saturated carbocycles. The van der Waals surface area contributed by atoms with Crippen LogP contribution in [0.1, 0.15) is 12.5 Å². The molecule has 0 atom stereocenters. The number of hydrogen-bond acceptors (Lipinski definition) is 3. The SMILES string of the molecule is CCSc1ccc(-c2c[nH]c(=O)c(C#N)c2)cc1. The van der Waals surface area contributed by atoms with Crippen LogP contribution in [0.3, 0.4) is 0 Å². The van der Waals surface area contributed by atoms with Gasteiger partial charge in [0.1, 0.15) is 11.6 Å². The lowest BCUT2D eigenvalue weighted by molar-refractivity contribution is 1.21. The summed E-state index contributed by atoms with van der Waals surface area (Å²) < 4.78 is 0. The summed E-state index contributed by atoms with van der Waals surface area (Å²) in [5, 5.41) is 8.83. The van der Waals surface area contributed by atoms with Crippen molar-refractivity contribution in [1.82, 2.24) is 4.98 Å². The molecular formula is C14H12N2OS. The van der Waals surface area contributed by atoms with E-state index in [4.69, 9.17) is 5.26 Å². The maximum atomic E-state index is 11.3. The van der Waals surface area contributed by atoms with Crippen molar-refractivity contribution in [2.45, 2.75) is 11.8 Å². The Labute approximate surface area is 109 Å². The Morgan fingerprint density at radius 3 is 2.61 bits per heavy atom. The quantitative estimate of drug-likeness (QED) is 0.859. The number of rotatable bonds is 3. The molecular weight excluding hydrogens is 244 g/mol. The number of thioether (sulfide) groups is 1. The van der Waals surface area contributed by atoms with Gasteiger partial charge in [0, 0.05) is 11.1 Å². The first kappa shape index (κ1) is 12.5. The first-order valence-corrected chi connectivity index (χ1v) is 6.59. The Morgan fingerprint density at radius 1 is 1.28 bits per heavy atom. The lowest BCUT2D eigenvalue weighted by Crippen LogP contribution is -2.08. The molecule has 1 N–H and O–H groups in total. The summed E-state index contributed by atoms with van der Waals surface area (Å²) in [6.07, 6.45) is 1.63. The summed E-state index contributed by atoms with van der Waals surface area (Å²) in [7, 11) is 0. The highest BCUT2D eigenvalue weighted by atomic mass is 32.2. The van der Waals surface area contributed by atoms with Gasteiger partial charge >= 0.3 is 0 Å². The fourth-order valence-corrected chi connectivity index (χ4v) is 2.31. The molecule has 4 heteroatoms. The molecule has 3 nitrogen and oxygen atoms in total. The van der Waals surface area contributed by atoms with Gasteiger partial charge in [-0.3, -0.25) is 4.79 Å². The van der Waals surface area contributed by atoms with Crippen molar-refractivity contribution in [2.24, 2.45) is 0 Å². The lowest BCUT2D eigenvalue weighted by atomic mass is 10.1. The number of aromatic nitrogens is 1. The van der Waals surface area contributed by atoms with Gasteiger partial charge in [0.25, 0.3) is 5.56 Å². The van der Waals surface area contributed by atoms with Gasteiger partial charge in [0.05, 0.1) is 0 Å². The fourth-order valence-electron chi connectivity index (χ4n) is 1.64. The van der Waals surface area contributed by atoms with Crippen LogP contribution in [-0.4, -0.2) is 10.7 Å². The number of nitrogens with zero attached hydrogens (tertiary/aromatic N) is 1. The van der Waals surface area contributed by atoms with Crippen LogP contribution in [0.15, 0.2) is 46.2 Å². The second kappa shape index (κ2) is 5.56. The van der Waals surface area contributed by atoms with Crippen molar-refractivity contribution < 1.29 is 0 Å². The van der Waals surface area contributed by atoms with Crippen LogP contribution in [0, 0.1) is 11.3 Å². The summed E-state index contributed by atoms with van der Waals surface area (Å²) in [5.41, 5.74) is 1.63. The fraction of sp³-hybridized carbons (Fsp3) is 0.143. The Kier molecular flexibility index (Phi) is 3.85. The second-order valence-electron chi connectivity index (χ2n) is 3.70. The molecule has 0 aliphatic heterocycles. The molecule has 1 heterocycles. The van der Waals surface area contributed by atoms with Crippen LogP contribution in [0.2, 0.25) is 0 Å². The van der Waals surface area contributed by atoms with Gasteiger partial charge in [-0.15, -0.1) is 11.8 Å². The van der Waals surface area contributed by atoms with E-state index in [1.54, 1.807) is 24.0 Å². The zero-order valence-electron chi connectivity index (χ0n) is 9.93. The van der Waals surface area contributed by atoms with Crippen molar-refractivity contribution in [3.63, 3.8) is 0 Å². The van der Waals surface area contributed by atoms with Gasteiger partial charge in [0.15, 0.2) is 0 Å². The number of H-pyrrole nitrogens is 1. The monoisotopic (exact) mass is 256 g/mol. The molecule has 0 aliphatic carbocycles. The molecule has 0 fully saturated rings. The standard InChI is InChI=1S/C14H12N2OS/c1-2-18-13-5-3-10(4-6-13)12-7-11(8-15)14(17)16-9-12/h3-7,9H,2H2,1H3,(H,16,17). The first-order chi connectivity index (χ1) is 8.74. The Balaban J connectivity index is 2.37. The number of nitriles is 1. The maximum Gasteiger partial charge on any atom is 0.265 e. The normalized spacial score (nSPS) is 10.0. The summed E-state index contributed by atoms with van der Waals surface area (Å²) in [5.74, 6) is 1.04. The molecule has 0 saturated heterocycles. The molecule has 0 radical (unpaired) electrons. The van der Waals surface area contributed by atoms with Crippen molar-refractivity contribution in [2.75, 3.05) is 5.75 Å². The third-order valence-corrected chi connectivity index (χ3v) is 3.42. The molecule has 1 aromatic carbocycles. The van der Waals surface area contributed by atoms with E-state index in [1.165, 1.54) is 4.90 Å². The molecule has 0 unspecified atom stereocenters. The number of hydrogen-bond donors (Lipinski definition) is 1. The Bertz CT molecular complexity index is 638. The van der Waals surface area contributed by atoms with Crippen molar-refractivity contribution in [3.05, 3.63) is 52.4 Å². The second-order valence-corrected chi connectivity index (χ2v) is 5.04. The molecule has 0 spiro atoms. The van der Waals surface area contributed by atoms with E-state index >= 15 is 0 Å². The van der Waals surface area contributed by atoms with Crippen LogP contribution in [0.5, 0.6) is 0 Å². The van der Waals surface area contributed by atoms with E-state index in [0.29, 0.717) is 0 Å². The van der Waals surface area contributed by atoms with Gasteiger partial charge in [-0.2, -0.15) is 5.26 Å². The molecule has 0 bridgehead atoms. The molecule has 2 aromatic rings. The average Bonchev–Trinajstić information content (AvgIpc) is 2.41. The van der Waals surface area contributed by atoms with Crippen LogP contribution >= 0.6 is 11.8 Å². The van der Waals surface area contributed by atoms with Crippen molar-refractivity contribution in [3.8, 4) is 17.2 Å². The van der Waals surface area contributed by atoms with Gasteiger partial charge in [-0.05, 0) is 35.1 Å². The van der Waals surface area contributed by atoms with Crippen molar-refractivity contribution in [1.29, 1.82) is 5.26 Å². The van der Waals surface area contributed by atoms with E-state index < -0.39 is 0 Å². The molecule has 18 heavy (non-hydrogen) atoms. The molecule has 0 amide bonds. The smallest absolute Gasteiger partial charge is 0.265 e. The number of benzene rings is 1. The Morgan fingerprint density at radius 2 is 2.00 bits per heavy atom. The third kappa shape index (κ3) is 2.63. The number of aromatic amines is 1. The highest BCUT2D eigenvalue weighted by molar-refractivity contribution is 7.99. The van der Waals surface area contributed by atoms with E-state index in [2.05, 4.69) is 11.9 Å². The van der Waals surface area contributed by atoms with Gasteiger partial charge in [0.2, 0.25) is 0 Å². The summed E-state index contributed by atoms with van der Waals surface area (Å²) in [6, 6.07) is 11.6. The van der Waals surface area contributed by atoms with Crippen molar-refractivity contribution >= 4 is 11.8 Å². The van der Waals surface area contributed by atoms with E-state index in [9.17, 15) is 4.79 Å². The summed E-state index contributed by atoms with van der Waals surface area (Å²) in [4.78, 5) is 15.1. The lowest BCUT2D eigenvalue weighted by Gasteiger charge is -2.03. The van der Waals surface area contributed by atoms with E-state index in [-0.39, 0.29) is 11.1 Å². The molecule has 90 valence electrons. The summed E-state index contributed by atoms with van der Waals surface area (Å²) in [6.45, 7) is 2.11. The van der Waals surface area contributed by atoms with Crippen LogP contribution < -0.4 is 5.56 Å². The van der Waals surface area contributed by atoms with Gasteiger partial charge in [-0.25, -0.2) is 0 Å². The topological polar surface area (TPSA) is 56.6 Å². The largest absolute Gasteiger partial charge is 0.327 e. The van der Waals surface area contributed by atoms with Gasteiger partial charge in [-0.1, -0.05) is 19.1 Å². The minimum Gasteiger partial charge on any atom is -0.327 e. The average molecular weight is 256 g/mol. The zero-order chi connectivity index (χ0) is 13.0. The predicted octanol–water partition coefficient (Wildman–Crippen LogP) is 3.03. The number of pyridine rings is 1. The zero-order valence-corrected chi connectivity index (χ0v) is 10.8. The van der Waals surface area contributed by atoms with Crippen LogP contribution in [-0.2, 0) is 0 Å². The Hall–Kier alpha value is -1.99. The minimum absolute atomic E-state index is 0.138. The first-order valence-electron chi connectivity index (χ1n) is 5.60. The van der Waals surface area contributed by atoms with Crippen LogP contribution in [0.4, 0.5) is 0 Å². The number of nitrogens with one attached hydrogen (secondary N) is 1. The maximum absolute atomic E-state index is 11.3. The van der Waals surface area contributed by atoms with E-state index in [1.807, 2.05) is 30.3 Å². The van der Waals surface area contributed by atoms with E-state index in [0.717, 1.165) is 16.9 Å². The highest BCUT2D eigenvalue weighted by Crippen LogP contribution is 2.23. The van der Waals surface area contributed by atoms with Crippen LogP contribution in [0.25, 0.3) is 11.1 Å². The highest BCUT2D eigenvalue weighted by Gasteiger charge is 2.03. The molecule has 0 aliphatic rings. The third-order valence-electron chi connectivity index (χ3n) is 2.52. The van der Waals surface area contributed by atoms with Gasteiger partial charge < -0.3 is 4.98 Å². The summed E-state index contributed by atoms with van der Waals surface area (Å²) >= 11 is 1.78. The predicted molar refractivity (Wildman–Crippen MR) is 73.6 cm³/mol. The molecule has 1 aromatic heterocycles. The minimum atomic E-state index is -0.348.